The average molecular weight is 168 g/mol. The van der Waals surface area contributed by atoms with E-state index in [1.807, 2.05) is 0 Å². The monoisotopic (exact) mass is 168 g/mol. The second kappa shape index (κ2) is 3.35. The van der Waals surface area contributed by atoms with E-state index >= 15 is 0 Å². The zero-order valence-corrected chi connectivity index (χ0v) is 7.72. The van der Waals surface area contributed by atoms with E-state index in [1.165, 1.54) is 32.1 Å². The maximum absolute atomic E-state index is 5.87. The maximum atomic E-state index is 5.87. The van der Waals surface area contributed by atoms with Crippen LogP contribution in [-0.4, -0.2) is 30.3 Å². The zero-order valence-electron chi connectivity index (χ0n) is 7.72. The quantitative estimate of drug-likeness (QED) is 0.592. The van der Waals surface area contributed by atoms with Crippen molar-refractivity contribution in [3.8, 4) is 0 Å². The molecule has 0 aromatic carbocycles. The first-order valence-electron chi connectivity index (χ1n) is 5.06. The van der Waals surface area contributed by atoms with E-state index in [4.69, 9.17) is 4.74 Å². The Labute approximate surface area is 74.9 Å². The average Bonchev–Trinajstić information content (AvgIpc) is 2.49. The molecule has 0 N–H and O–H groups in total. The summed E-state index contributed by atoms with van der Waals surface area (Å²) in [5.41, 5.74) is 0.111. The molecule has 1 spiro atoms. The van der Waals surface area contributed by atoms with Crippen LogP contribution < -0.4 is 0 Å². The first kappa shape index (κ1) is 8.52. The van der Waals surface area contributed by atoms with Gasteiger partial charge in [0.15, 0.2) is 0 Å². The first-order valence-corrected chi connectivity index (χ1v) is 5.06. The predicted octanol–water partition coefficient (Wildman–Crippen LogP) is 1.81. The second-order valence-electron chi connectivity index (χ2n) is 3.84. The Morgan fingerprint density at radius 1 is 1.25 bits per heavy atom. The second-order valence-corrected chi connectivity index (χ2v) is 3.84. The van der Waals surface area contributed by atoms with E-state index in [2.05, 4.69) is 11.8 Å². The fourth-order valence-corrected chi connectivity index (χ4v) is 2.52. The van der Waals surface area contributed by atoms with Crippen LogP contribution in [0.3, 0.4) is 0 Å². The molecule has 0 amide bonds. The predicted molar refractivity (Wildman–Crippen MR) is 48.7 cm³/mol. The molecule has 0 atom stereocenters. The Morgan fingerprint density at radius 3 is 2.67 bits per heavy atom. The fourth-order valence-electron chi connectivity index (χ4n) is 2.52. The van der Waals surface area contributed by atoms with E-state index in [9.17, 15) is 0 Å². The van der Waals surface area contributed by atoms with E-state index < -0.39 is 0 Å². The lowest BCUT2D eigenvalue weighted by Crippen LogP contribution is -2.46. The van der Waals surface area contributed by atoms with E-state index in [-0.39, 0.29) is 5.72 Å². The summed E-state index contributed by atoms with van der Waals surface area (Å²) in [4.78, 5) is 2.41. The van der Waals surface area contributed by atoms with Crippen molar-refractivity contribution in [2.24, 2.45) is 0 Å². The van der Waals surface area contributed by atoms with Gasteiger partial charge in [-0.15, -0.1) is 0 Å². The van der Waals surface area contributed by atoms with Crippen LogP contribution in [0.2, 0.25) is 0 Å². The normalized spacial score (nSPS) is 29.8. The van der Waals surface area contributed by atoms with Crippen molar-refractivity contribution in [1.82, 2.24) is 4.90 Å². The zero-order chi connectivity index (χ0) is 8.44. The summed E-state index contributed by atoms with van der Waals surface area (Å²) < 4.78 is 5.87. The Hall–Kier alpha value is -0.0800. The molecule has 1 saturated heterocycles. The van der Waals surface area contributed by atoms with Gasteiger partial charge in [0.2, 0.25) is 0 Å². The van der Waals surface area contributed by atoms with Gasteiger partial charge in [0.1, 0.15) is 5.72 Å². The smallest absolute Gasteiger partial charge is 0.121 e. The molecule has 0 bridgehead atoms. The van der Waals surface area contributed by atoms with E-state index in [0.29, 0.717) is 0 Å². The molecular formula is C10H18NO. The van der Waals surface area contributed by atoms with Crippen LogP contribution >= 0.6 is 0 Å². The molecule has 2 heteroatoms. The van der Waals surface area contributed by atoms with Crippen LogP contribution in [0.1, 0.15) is 32.1 Å². The van der Waals surface area contributed by atoms with E-state index in [0.717, 1.165) is 19.7 Å². The van der Waals surface area contributed by atoms with Crippen molar-refractivity contribution in [1.29, 1.82) is 0 Å². The molecule has 12 heavy (non-hydrogen) atoms. The Kier molecular flexibility index (Phi) is 2.37. The third-order valence-electron chi connectivity index (χ3n) is 3.21. The highest BCUT2D eigenvalue weighted by atomic mass is 16.5. The van der Waals surface area contributed by atoms with E-state index in [1.54, 1.807) is 0 Å². The Morgan fingerprint density at radius 2 is 2.00 bits per heavy atom. The summed E-state index contributed by atoms with van der Waals surface area (Å²) >= 11 is 0. The van der Waals surface area contributed by atoms with Gasteiger partial charge in [0.25, 0.3) is 0 Å². The van der Waals surface area contributed by atoms with Gasteiger partial charge in [0.05, 0.1) is 6.61 Å². The van der Waals surface area contributed by atoms with Gasteiger partial charge in [-0.2, -0.15) is 0 Å². The molecule has 2 nitrogen and oxygen atoms in total. The molecule has 0 aromatic rings. The molecule has 2 aliphatic rings. The molecule has 0 aromatic heterocycles. The molecule has 1 heterocycles. The van der Waals surface area contributed by atoms with Gasteiger partial charge in [-0.05, 0) is 32.6 Å². The van der Waals surface area contributed by atoms with Crippen LogP contribution in [0.15, 0.2) is 0 Å². The molecular weight excluding hydrogens is 150 g/mol. The third-order valence-corrected chi connectivity index (χ3v) is 3.21. The molecule has 1 saturated carbocycles. The standard InChI is InChI=1S/C10H18NO/c1-2-11-8-9-12-10(11)6-4-3-5-7-10/h1-9H2. The van der Waals surface area contributed by atoms with Crippen molar-refractivity contribution in [3.05, 3.63) is 6.92 Å². The summed E-state index contributed by atoms with van der Waals surface area (Å²) in [6.45, 7) is 6.86. The fraction of sp³-hybridized carbons (Fsp3) is 0.900. The highest BCUT2D eigenvalue weighted by Gasteiger charge is 2.41. The molecule has 1 aliphatic heterocycles. The van der Waals surface area contributed by atoms with Gasteiger partial charge < -0.3 is 4.74 Å². The number of nitrogens with zero attached hydrogens (tertiary/aromatic N) is 1. The summed E-state index contributed by atoms with van der Waals surface area (Å²) in [6.07, 6.45) is 6.49. The van der Waals surface area contributed by atoms with Crippen molar-refractivity contribution in [3.63, 3.8) is 0 Å². The van der Waals surface area contributed by atoms with Crippen molar-refractivity contribution >= 4 is 0 Å². The summed E-state index contributed by atoms with van der Waals surface area (Å²) in [5.74, 6) is 0. The minimum absolute atomic E-state index is 0.111. The number of ether oxygens (including phenoxy) is 1. The summed E-state index contributed by atoms with van der Waals surface area (Å²) in [7, 11) is 0. The third kappa shape index (κ3) is 1.27. The van der Waals surface area contributed by atoms with Crippen molar-refractivity contribution in [2.75, 3.05) is 19.7 Å². The minimum atomic E-state index is 0.111. The van der Waals surface area contributed by atoms with Gasteiger partial charge in [-0.25, -0.2) is 0 Å². The van der Waals surface area contributed by atoms with Crippen molar-refractivity contribution < 1.29 is 4.74 Å². The lowest BCUT2D eigenvalue weighted by atomic mass is 9.91. The van der Waals surface area contributed by atoms with Gasteiger partial charge in [-0.1, -0.05) is 6.42 Å². The number of hydrogen-bond acceptors (Lipinski definition) is 2. The summed E-state index contributed by atoms with van der Waals surface area (Å²) in [5, 5.41) is 0. The molecule has 0 unspecified atom stereocenters. The Balaban J connectivity index is 2.05. The van der Waals surface area contributed by atoms with Gasteiger partial charge in [0, 0.05) is 13.1 Å². The van der Waals surface area contributed by atoms with Crippen LogP contribution in [0.5, 0.6) is 0 Å². The number of hydrogen-bond donors (Lipinski definition) is 0. The molecule has 2 fully saturated rings. The van der Waals surface area contributed by atoms with Gasteiger partial charge in [-0.3, -0.25) is 4.90 Å². The summed E-state index contributed by atoms with van der Waals surface area (Å²) in [6, 6.07) is 0. The first-order chi connectivity index (χ1) is 5.87. The van der Waals surface area contributed by atoms with Crippen LogP contribution in [0, 0.1) is 6.92 Å². The highest BCUT2D eigenvalue weighted by Crippen LogP contribution is 2.37. The number of rotatable bonds is 1. The molecule has 1 radical (unpaired) electrons. The largest absolute Gasteiger partial charge is 0.359 e. The molecule has 1 aliphatic carbocycles. The van der Waals surface area contributed by atoms with Crippen LogP contribution in [0.25, 0.3) is 0 Å². The maximum Gasteiger partial charge on any atom is 0.121 e. The van der Waals surface area contributed by atoms with Crippen LogP contribution in [-0.2, 0) is 4.74 Å². The minimum Gasteiger partial charge on any atom is -0.359 e. The lowest BCUT2D eigenvalue weighted by Gasteiger charge is -2.39. The Bertz CT molecular complexity index is 152. The lowest BCUT2D eigenvalue weighted by molar-refractivity contribution is -0.103. The highest BCUT2D eigenvalue weighted by molar-refractivity contribution is 4.89. The molecule has 69 valence electrons. The SMILES string of the molecule is [CH2]CN1CCOC12CCCCC2. The topological polar surface area (TPSA) is 12.5 Å². The van der Waals surface area contributed by atoms with Gasteiger partial charge >= 0.3 is 0 Å². The van der Waals surface area contributed by atoms with Crippen LogP contribution in [0.4, 0.5) is 0 Å². The van der Waals surface area contributed by atoms with Crippen molar-refractivity contribution in [2.45, 2.75) is 37.8 Å². The molecule has 2 rings (SSSR count).